The summed E-state index contributed by atoms with van der Waals surface area (Å²) in [5.74, 6) is 0.612. The number of anilines is 3. The number of aromatic nitrogens is 2. The number of nitrogens with two attached hydrogens (primary N) is 1. The maximum absolute atomic E-state index is 12.3. The van der Waals surface area contributed by atoms with Crippen molar-refractivity contribution in [2.45, 2.75) is 26.4 Å². The van der Waals surface area contributed by atoms with E-state index in [1.165, 1.54) is 11.3 Å². The van der Waals surface area contributed by atoms with Gasteiger partial charge in [0.15, 0.2) is 0 Å². The van der Waals surface area contributed by atoms with Crippen molar-refractivity contribution in [1.82, 2.24) is 10.2 Å². The number of ether oxygens (including phenoxy) is 1. The molecule has 1 atom stereocenters. The number of hydrogen-bond acceptors (Lipinski definition) is 7. The van der Waals surface area contributed by atoms with Crippen molar-refractivity contribution in [1.29, 1.82) is 0 Å². The van der Waals surface area contributed by atoms with Gasteiger partial charge in [0.2, 0.25) is 11.0 Å². The Bertz CT molecular complexity index is 718. The summed E-state index contributed by atoms with van der Waals surface area (Å²) in [5, 5.41) is 12.2. The number of nitrogens with zero attached hydrogens (tertiary/aromatic N) is 3. The molecule has 1 unspecified atom stereocenters. The fraction of sp³-hybridized carbons (Fsp3) is 0.400. The highest BCUT2D eigenvalue weighted by molar-refractivity contribution is 7.15. The lowest BCUT2D eigenvalue weighted by Gasteiger charge is -2.34. The van der Waals surface area contributed by atoms with Crippen LogP contribution in [0, 0.1) is 0 Å². The molecule has 122 valence electrons. The Labute approximate surface area is 138 Å². The Balaban J connectivity index is 1.72. The van der Waals surface area contributed by atoms with E-state index in [4.69, 9.17) is 10.5 Å². The zero-order valence-electron chi connectivity index (χ0n) is 13.1. The largest absolute Gasteiger partial charge is 0.487 e. The van der Waals surface area contributed by atoms with Crippen molar-refractivity contribution in [2.75, 3.05) is 29.0 Å². The molecule has 0 aliphatic carbocycles. The van der Waals surface area contributed by atoms with Gasteiger partial charge in [0, 0.05) is 5.69 Å². The van der Waals surface area contributed by atoms with E-state index in [0.717, 1.165) is 22.9 Å². The second-order valence-corrected chi connectivity index (χ2v) is 6.50. The fourth-order valence-corrected chi connectivity index (χ4v) is 3.17. The third-order valence-electron chi connectivity index (χ3n) is 3.48. The van der Waals surface area contributed by atoms with Gasteiger partial charge in [-0.1, -0.05) is 18.3 Å². The van der Waals surface area contributed by atoms with Gasteiger partial charge in [-0.2, -0.15) is 0 Å². The van der Waals surface area contributed by atoms with E-state index < -0.39 is 0 Å². The number of hydrogen-bond donors (Lipinski definition) is 2. The first-order chi connectivity index (χ1) is 11.0. The zero-order chi connectivity index (χ0) is 16.4. The Morgan fingerprint density at radius 2 is 2.35 bits per heavy atom. The van der Waals surface area contributed by atoms with E-state index >= 15 is 0 Å². The number of carbonyl (C=O) groups excluding carboxylic acids is 1. The van der Waals surface area contributed by atoms with E-state index in [0.29, 0.717) is 17.4 Å². The van der Waals surface area contributed by atoms with Crippen molar-refractivity contribution in [3.8, 4) is 5.75 Å². The van der Waals surface area contributed by atoms with Gasteiger partial charge in [-0.05, 0) is 31.5 Å². The van der Waals surface area contributed by atoms with Crippen molar-refractivity contribution in [3.63, 3.8) is 0 Å². The fourth-order valence-electron chi connectivity index (χ4n) is 2.47. The summed E-state index contributed by atoms with van der Waals surface area (Å²) >= 11 is 1.39. The van der Waals surface area contributed by atoms with E-state index in [1.807, 2.05) is 30.9 Å². The van der Waals surface area contributed by atoms with Gasteiger partial charge < -0.3 is 15.4 Å². The van der Waals surface area contributed by atoms with Crippen LogP contribution in [-0.4, -0.2) is 35.3 Å². The predicted molar refractivity (Wildman–Crippen MR) is 91.1 cm³/mol. The van der Waals surface area contributed by atoms with E-state index in [-0.39, 0.29) is 18.6 Å². The van der Waals surface area contributed by atoms with Crippen LogP contribution in [0.25, 0.3) is 0 Å². The Hall–Kier alpha value is -2.35. The summed E-state index contributed by atoms with van der Waals surface area (Å²) < 4.78 is 5.79. The molecule has 0 spiro atoms. The number of fused-ring (bicyclic) bond motifs is 1. The molecule has 0 saturated heterocycles. The number of amides is 1. The van der Waals surface area contributed by atoms with Crippen molar-refractivity contribution in [2.24, 2.45) is 0 Å². The number of nitrogen functional groups attached to an aromatic ring is 1. The second kappa shape index (κ2) is 6.41. The molecule has 0 bridgehead atoms. The molecule has 1 aromatic carbocycles. The summed E-state index contributed by atoms with van der Waals surface area (Å²) in [6.45, 7) is 4.82. The first-order valence-corrected chi connectivity index (χ1v) is 8.30. The zero-order valence-corrected chi connectivity index (χ0v) is 13.9. The van der Waals surface area contributed by atoms with Crippen molar-refractivity contribution >= 4 is 33.8 Å². The first kappa shape index (κ1) is 15.5. The number of benzene rings is 1. The average Bonchev–Trinajstić information content (AvgIpc) is 2.95. The number of nitrogens with one attached hydrogen (secondary N) is 1. The molecule has 23 heavy (non-hydrogen) atoms. The standard InChI is InChI=1S/C15H19N5O2S/c1-3-14-18-19-15(23-14)17-13(21)8-20-7-9(2)22-12-5-4-10(16)6-11(12)20/h4-6,9H,3,7-8,16H2,1-2H3,(H,17,19,21). The van der Waals surface area contributed by atoms with Crippen molar-refractivity contribution < 1.29 is 9.53 Å². The average molecular weight is 333 g/mol. The van der Waals surface area contributed by atoms with Gasteiger partial charge in [-0.15, -0.1) is 10.2 Å². The quantitative estimate of drug-likeness (QED) is 0.830. The van der Waals surface area contributed by atoms with Crippen LogP contribution in [0.1, 0.15) is 18.9 Å². The second-order valence-electron chi connectivity index (χ2n) is 5.44. The minimum Gasteiger partial charge on any atom is -0.487 e. The SMILES string of the molecule is CCc1nnc(NC(=O)CN2CC(C)Oc3ccc(N)cc32)s1. The van der Waals surface area contributed by atoms with Crippen LogP contribution in [0.2, 0.25) is 0 Å². The smallest absolute Gasteiger partial charge is 0.245 e. The number of carbonyl (C=O) groups is 1. The third-order valence-corrected chi connectivity index (χ3v) is 4.46. The van der Waals surface area contributed by atoms with Gasteiger partial charge in [0.25, 0.3) is 0 Å². The molecule has 2 heterocycles. The summed E-state index contributed by atoms with van der Waals surface area (Å²) in [4.78, 5) is 14.3. The molecule has 1 aliphatic rings. The topological polar surface area (TPSA) is 93.4 Å². The lowest BCUT2D eigenvalue weighted by molar-refractivity contribution is -0.115. The monoisotopic (exact) mass is 333 g/mol. The van der Waals surface area contributed by atoms with Crippen LogP contribution in [-0.2, 0) is 11.2 Å². The molecule has 1 aliphatic heterocycles. The van der Waals surface area contributed by atoms with Crippen molar-refractivity contribution in [3.05, 3.63) is 23.2 Å². The molecular weight excluding hydrogens is 314 g/mol. The Morgan fingerprint density at radius 1 is 1.52 bits per heavy atom. The molecule has 1 amide bonds. The Morgan fingerprint density at radius 3 is 3.09 bits per heavy atom. The molecule has 3 rings (SSSR count). The van der Waals surface area contributed by atoms with Gasteiger partial charge >= 0.3 is 0 Å². The summed E-state index contributed by atoms with van der Waals surface area (Å²) in [7, 11) is 0. The molecule has 7 nitrogen and oxygen atoms in total. The highest BCUT2D eigenvalue weighted by Gasteiger charge is 2.25. The lowest BCUT2D eigenvalue weighted by Crippen LogP contribution is -2.42. The highest BCUT2D eigenvalue weighted by atomic mass is 32.1. The minimum atomic E-state index is -0.133. The van der Waals surface area contributed by atoms with E-state index in [2.05, 4.69) is 15.5 Å². The lowest BCUT2D eigenvalue weighted by atomic mass is 10.2. The van der Waals surface area contributed by atoms with Gasteiger partial charge in [-0.25, -0.2) is 0 Å². The number of rotatable bonds is 4. The molecule has 0 radical (unpaired) electrons. The van der Waals surface area contributed by atoms with Crippen LogP contribution in [0.3, 0.4) is 0 Å². The molecule has 8 heteroatoms. The molecule has 0 fully saturated rings. The predicted octanol–water partition coefficient (Wildman–Crippen LogP) is 1.91. The van der Waals surface area contributed by atoms with E-state index in [9.17, 15) is 4.79 Å². The highest BCUT2D eigenvalue weighted by Crippen LogP contribution is 2.34. The van der Waals surface area contributed by atoms with Gasteiger partial charge in [0.1, 0.15) is 16.9 Å². The summed E-state index contributed by atoms with van der Waals surface area (Å²) in [6, 6.07) is 5.46. The van der Waals surface area contributed by atoms with E-state index in [1.54, 1.807) is 6.07 Å². The maximum atomic E-state index is 12.3. The third kappa shape index (κ3) is 3.53. The van der Waals surface area contributed by atoms with Crippen LogP contribution < -0.4 is 20.7 Å². The molecule has 0 saturated carbocycles. The maximum Gasteiger partial charge on any atom is 0.245 e. The van der Waals surface area contributed by atoms with Crippen LogP contribution in [0.5, 0.6) is 5.75 Å². The van der Waals surface area contributed by atoms with Crippen LogP contribution >= 0.6 is 11.3 Å². The first-order valence-electron chi connectivity index (χ1n) is 7.48. The minimum absolute atomic E-state index is 0.00662. The van der Waals surface area contributed by atoms with Gasteiger partial charge in [0.05, 0.1) is 18.8 Å². The molecule has 2 aromatic rings. The molecule has 3 N–H and O–H groups in total. The Kier molecular flexibility index (Phi) is 4.33. The van der Waals surface area contributed by atoms with Crippen LogP contribution in [0.4, 0.5) is 16.5 Å². The van der Waals surface area contributed by atoms with Gasteiger partial charge in [-0.3, -0.25) is 10.1 Å². The number of aryl methyl sites for hydroxylation is 1. The summed E-state index contributed by atoms with van der Waals surface area (Å²) in [5.41, 5.74) is 7.33. The molecule has 1 aromatic heterocycles. The summed E-state index contributed by atoms with van der Waals surface area (Å²) in [6.07, 6.45) is 0.813. The molecular formula is C15H19N5O2S. The van der Waals surface area contributed by atoms with Crippen LogP contribution in [0.15, 0.2) is 18.2 Å². The normalized spacial score (nSPS) is 16.6.